The molecular weight excluding hydrogens is 1390 g/mol. The van der Waals surface area contributed by atoms with Gasteiger partial charge in [0.05, 0.1) is 41.3 Å². The predicted octanol–water partition coefficient (Wildman–Crippen LogP) is 4.54. The molecule has 107 heavy (non-hydrogen) atoms. The van der Waals surface area contributed by atoms with Gasteiger partial charge >= 0.3 is 17.9 Å². The number of methoxy groups -OCH3 is 1. The van der Waals surface area contributed by atoms with Crippen LogP contribution in [0.2, 0.25) is 0 Å². The standard InChI is InChI=1S/C76H97N11O20/c1-39(2)59(82-53(89)19-12-11-13-29-87-54(90)24-25-55(87)91)73(100)81-49(18-15-27-78-74(77)101)72(99)80-47-22-20-46(21-23-47)38-104-75(102)79-28-30-85-31-33-86(34-32-85)48-36-50(88)60-52(37-48)106-69-61(83-60)56-57-66(95)45(8)68-58(56)70(97)76(9,107-68)105-35-26-51(103-10)42(5)64(93)44(7)65(94)43(6)63(92)40(3)16-14-17-41(4)71(98)84-62(69)67(57)96/h14,16-17,20-26,35-37,39-40,42-44,49,51,59,63-65,92-95,97H,11-13,15,18-19,27-34,38H2,1-10H3,(H,79,102)(H,80,99)(H,81,100)(H,82,89)(H,84,98)(H3,77,78,101)/b16-14+,35-26+,41-17-/t40-,42+,43+,44-,49-,51-,59-,63-,64+,65+,76-/m0/s1. The van der Waals surface area contributed by atoms with Gasteiger partial charge in [0.2, 0.25) is 28.6 Å². The van der Waals surface area contributed by atoms with E-state index >= 15 is 4.79 Å². The van der Waals surface area contributed by atoms with Crippen molar-refractivity contribution in [3.63, 3.8) is 0 Å². The minimum atomic E-state index is -2.03. The highest BCUT2D eigenvalue weighted by molar-refractivity contribution is 6.17. The number of ether oxygens (including phenoxy) is 4. The van der Waals surface area contributed by atoms with Gasteiger partial charge in [0.25, 0.3) is 17.7 Å². The molecule has 31 heteroatoms. The first-order valence-electron chi connectivity index (χ1n) is 35.9. The molecule has 5 aromatic rings. The van der Waals surface area contributed by atoms with Crippen LogP contribution in [0.1, 0.15) is 105 Å². The highest BCUT2D eigenvalue weighted by atomic mass is 16.7. The number of phenols is 1. The number of nitrogens with one attached hydrogen (secondary N) is 6. The summed E-state index contributed by atoms with van der Waals surface area (Å²) < 4.78 is 30.2. The fourth-order valence-corrected chi connectivity index (χ4v) is 13.5. The van der Waals surface area contributed by atoms with Crippen LogP contribution in [0.3, 0.4) is 0 Å². The Labute approximate surface area is 617 Å². The molecule has 0 saturated carbocycles. The molecule has 4 aliphatic rings. The summed E-state index contributed by atoms with van der Waals surface area (Å²) in [7, 11) is 1.42. The quantitative estimate of drug-likeness (QED) is 0.0185. The molecule has 1 saturated heterocycles. The molecule has 0 radical (unpaired) electrons. The SMILES string of the molecule is CO[C@H]1/C=C/O[C@@]2(C)Oc3c(C)c(O)c4c(=O)c(c5oc6cc(N7CCN(CCNC(=O)OCc8ccc(NC(=O)[C@H](CCCNC(N)=O)NC(=O)[C@@H](NC(=O)CCCCCN9C(=O)C=CC9=O)C(C)C)cc8)CC7)cc(=O)c6nc5c4c3=C2O)NC(=O)/C(C)=C\C=C\[C@H](C)[C@H](O)[C@@H](C)[C@@H](O)[C@@H](C)[C@H](O)[C@@H]1C. The summed E-state index contributed by atoms with van der Waals surface area (Å²) in [6.07, 6.45) is 6.79. The van der Waals surface area contributed by atoms with Crippen LogP contribution in [-0.2, 0) is 49.6 Å². The number of fused-ring (bicyclic) bond motifs is 2. The van der Waals surface area contributed by atoms with Crippen molar-refractivity contribution in [3.05, 3.63) is 121 Å². The van der Waals surface area contributed by atoms with Crippen LogP contribution in [0.5, 0.6) is 11.5 Å². The van der Waals surface area contributed by atoms with E-state index < -0.39 is 129 Å². The Bertz CT molecular complexity index is 4490. The number of carbonyl (C=O) groups excluding carboxylic acids is 8. The lowest BCUT2D eigenvalue weighted by molar-refractivity contribution is -0.137. The van der Waals surface area contributed by atoms with E-state index in [4.69, 9.17) is 34.1 Å². The van der Waals surface area contributed by atoms with Gasteiger partial charge in [0.1, 0.15) is 41.4 Å². The third-order valence-electron chi connectivity index (χ3n) is 20.2. The van der Waals surface area contributed by atoms with E-state index in [1.807, 2.05) is 4.90 Å². The number of unbranched alkanes of at least 4 members (excludes halogenated alkanes) is 2. The number of primary amides is 1. The summed E-state index contributed by atoms with van der Waals surface area (Å²) >= 11 is 0. The molecule has 1 aromatic heterocycles. The van der Waals surface area contributed by atoms with Gasteiger partial charge in [-0.3, -0.25) is 48.2 Å². The number of aliphatic hydroxyl groups is 4. The Morgan fingerprint density at radius 1 is 0.794 bits per heavy atom. The second kappa shape index (κ2) is 35.3. The van der Waals surface area contributed by atoms with Crippen LogP contribution in [0.4, 0.5) is 26.7 Å². The maximum absolute atomic E-state index is 15.1. The van der Waals surface area contributed by atoms with Crippen molar-refractivity contribution in [2.24, 2.45) is 35.3 Å². The number of aliphatic hydroxyl groups excluding tert-OH is 4. The Morgan fingerprint density at radius 3 is 2.15 bits per heavy atom. The Kier molecular flexibility index (Phi) is 26.6. The van der Waals surface area contributed by atoms with Crippen molar-refractivity contribution in [2.75, 3.05) is 75.0 Å². The molecule has 9 rings (SSSR count). The van der Waals surface area contributed by atoms with Crippen molar-refractivity contribution in [1.29, 1.82) is 0 Å². The number of imide groups is 1. The maximum atomic E-state index is 15.1. The zero-order chi connectivity index (χ0) is 77.9. The lowest BCUT2D eigenvalue weighted by Gasteiger charge is -2.36. The van der Waals surface area contributed by atoms with Crippen molar-refractivity contribution in [2.45, 2.75) is 150 Å². The number of hydrogen-bond acceptors (Lipinski definition) is 23. The lowest BCUT2D eigenvalue weighted by Crippen LogP contribution is -2.54. The molecule has 0 unspecified atom stereocenters. The van der Waals surface area contributed by atoms with Gasteiger partial charge in [-0.25, -0.2) is 14.6 Å². The molecule has 4 aliphatic heterocycles. The molecule has 31 nitrogen and oxygen atoms in total. The van der Waals surface area contributed by atoms with Crippen LogP contribution < -0.4 is 63.3 Å². The molecular formula is C76H97N11O20. The number of anilines is 3. The topological polar surface area (TPSA) is 443 Å². The van der Waals surface area contributed by atoms with Gasteiger partial charge in [-0.2, -0.15) is 0 Å². The summed E-state index contributed by atoms with van der Waals surface area (Å²) in [6.45, 7) is 17.3. The third-order valence-corrected chi connectivity index (χ3v) is 20.2. The van der Waals surface area contributed by atoms with Gasteiger partial charge in [0, 0.05) is 149 Å². The zero-order valence-corrected chi connectivity index (χ0v) is 61.7. The molecule has 576 valence electrons. The smallest absolute Gasteiger partial charge is 0.407 e. The maximum Gasteiger partial charge on any atom is 0.407 e. The van der Waals surface area contributed by atoms with Crippen molar-refractivity contribution >= 4 is 103 Å². The molecule has 9 amide bonds. The van der Waals surface area contributed by atoms with Crippen molar-refractivity contribution in [1.82, 2.24) is 36.1 Å². The summed E-state index contributed by atoms with van der Waals surface area (Å²) in [5.41, 5.74) is 4.00. The Morgan fingerprint density at radius 2 is 1.48 bits per heavy atom. The second-order valence-corrected chi connectivity index (χ2v) is 28.2. The van der Waals surface area contributed by atoms with E-state index in [-0.39, 0.29) is 119 Å². The normalized spacial score (nSPS) is 24.0. The monoisotopic (exact) mass is 1480 g/mol. The fourth-order valence-electron chi connectivity index (χ4n) is 13.5. The van der Waals surface area contributed by atoms with E-state index in [0.29, 0.717) is 68.9 Å². The summed E-state index contributed by atoms with van der Waals surface area (Å²) in [5.74, 6) is -9.42. The van der Waals surface area contributed by atoms with Crippen molar-refractivity contribution < 1.29 is 87.3 Å². The summed E-state index contributed by atoms with van der Waals surface area (Å²) in [6, 6.07) is 6.61. The number of hydrogen-bond donors (Lipinski definition) is 12. The van der Waals surface area contributed by atoms with Gasteiger partial charge < -0.3 is 91.4 Å². The third kappa shape index (κ3) is 18.9. The van der Waals surface area contributed by atoms with E-state index in [0.717, 1.165) is 4.90 Å². The molecule has 0 aliphatic carbocycles. The first kappa shape index (κ1) is 80.6. The highest BCUT2D eigenvalue weighted by Gasteiger charge is 2.44. The average Bonchev–Trinajstić information content (AvgIpc) is 1.65. The number of piperazine rings is 1. The van der Waals surface area contributed by atoms with Gasteiger partial charge in [-0.15, -0.1) is 0 Å². The van der Waals surface area contributed by atoms with Crippen LogP contribution in [0.25, 0.3) is 38.7 Å². The number of amides is 9. The first-order valence-corrected chi connectivity index (χ1v) is 35.9. The first-order chi connectivity index (χ1) is 50.8. The van der Waals surface area contributed by atoms with Crippen molar-refractivity contribution in [3.8, 4) is 11.5 Å². The molecule has 4 bridgehead atoms. The molecule has 4 aromatic carbocycles. The Hall–Kier alpha value is -10.5. The van der Waals surface area contributed by atoms with Gasteiger partial charge in [0.15, 0.2) is 22.4 Å². The van der Waals surface area contributed by atoms with Crippen LogP contribution >= 0.6 is 0 Å². The number of phenolic OH excluding ortho intramolecular Hbond substituents is 1. The largest absolute Gasteiger partial charge is 0.507 e. The lowest BCUT2D eigenvalue weighted by atomic mass is 9.78. The van der Waals surface area contributed by atoms with E-state index in [2.05, 4.69) is 36.8 Å². The van der Waals surface area contributed by atoms with Gasteiger partial charge in [-0.05, 0) is 69.2 Å². The average molecular weight is 1480 g/mol. The second-order valence-electron chi connectivity index (χ2n) is 28.2. The predicted molar refractivity (Wildman–Crippen MR) is 397 cm³/mol. The summed E-state index contributed by atoms with van der Waals surface area (Å²) in [4.78, 5) is 142. The number of aromatic nitrogens is 1. The number of alkyl carbamates (subject to hydrolysis) is 1. The molecule has 13 N–H and O–H groups in total. The number of nitrogens with two attached hydrogens (primary N) is 1. The minimum absolute atomic E-state index is 0.0120. The Balaban J connectivity index is 0.843. The molecule has 11 atom stereocenters. The molecule has 1 fully saturated rings. The number of carbonyl (C=O) groups is 8. The summed E-state index contributed by atoms with van der Waals surface area (Å²) in [5, 5.41) is 74.2. The van der Waals surface area contributed by atoms with Crippen LogP contribution in [-0.4, -0.2) is 190 Å². The van der Waals surface area contributed by atoms with Gasteiger partial charge in [-0.1, -0.05) is 78.3 Å². The fraction of sp³-hybridized carbons (Fsp3) is 0.487. The number of nitrogens with zero attached hydrogens (tertiary/aromatic N) is 4. The number of aromatic hydroxyl groups is 1. The number of rotatable bonds is 23. The number of urea groups is 1. The molecule has 0 spiro atoms. The number of benzene rings is 4. The van der Waals surface area contributed by atoms with E-state index in [1.165, 1.54) is 64.5 Å². The minimum Gasteiger partial charge on any atom is -0.507 e. The van der Waals surface area contributed by atoms with Crippen LogP contribution in [0, 0.1) is 36.5 Å². The van der Waals surface area contributed by atoms with Crippen LogP contribution in [0.15, 0.2) is 98.7 Å². The van der Waals surface area contributed by atoms with E-state index in [1.54, 1.807) is 84.0 Å². The van der Waals surface area contributed by atoms with E-state index in [9.17, 15) is 68.7 Å². The zero-order valence-electron chi connectivity index (χ0n) is 61.7. The highest BCUT2D eigenvalue weighted by Crippen LogP contribution is 2.43. The molecule has 5 heterocycles. The number of allylic oxidation sites excluding steroid dienone is 2.